The molecule has 23 heavy (non-hydrogen) atoms. The van der Waals surface area contributed by atoms with Gasteiger partial charge in [-0.05, 0) is 24.8 Å². The molecule has 1 atom stereocenters. The molecule has 9 heteroatoms. The van der Waals surface area contributed by atoms with Crippen molar-refractivity contribution < 1.29 is 27.5 Å². The number of alkyl halides is 3. The molecule has 0 saturated carbocycles. The molecule has 1 aliphatic heterocycles. The molecule has 1 aliphatic rings. The highest BCUT2D eigenvalue weighted by Crippen LogP contribution is 2.29. The number of nitrogens with one attached hydrogen (secondary N) is 1. The summed E-state index contributed by atoms with van der Waals surface area (Å²) in [6.45, 7) is 0.318. The summed E-state index contributed by atoms with van der Waals surface area (Å²) in [4.78, 5) is 25.2. The summed E-state index contributed by atoms with van der Waals surface area (Å²) in [6, 6.07) is 4.56. The van der Waals surface area contributed by atoms with E-state index in [1.54, 1.807) is 6.26 Å². The van der Waals surface area contributed by atoms with E-state index in [0.717, 1.165) is 12.1 Å². The van der Waals surface area contributed by atoms with Gasteiger partial charge >= 0.3 is 6.36 Å². The Hall–Kier alpha value is -1.90. The molecule has 126 valence electrons. The van der Waals surface area contributed by atoms with Crippen molar-refractivity contribution in [1.29, 1.82) is 0 Å². The second kappa shape index (κ2) is 7.12. The predicted molar refractivity (Wildman–Crippen MR) is 80.4 cm³/mol. The van der Waals surface area contributed by atoms with E-state index in [9.17, 15) is 22.8 Å². The predicted octanol–water partition coefficient (Wildman–Crippen LogP) is 2.17. The van der Waals surface area contributed by atoms with Crippen molar-refractivity contribution >= 4 is 29.3 Å². The monoisotopic (exact) mass is 348 g/mol. The summed E-state index contributed by atoms with van der Waals surface area (Å²) in [5, 5.41) is 2.62. The molecule has 0 spiro atoms. The quantitative estimate of drug-likeness (QED) is 0.886. The molecule has 1 fully saturated rings. The van der Waals surface area contributed by atoms with Crippen LogP contribution in [0.2, 0.25) is 0 Å². The van der Waals surface area contributed by atoms with E-state index in [1.165, 1.54) is 28.8 Å². The second-order valence-corrected chi connectivity index (χ2v) is 5.74. The number of carbonyl (C=O) groups is 2. The summed E-state index contributed by atoms with van der Waals surface area (Å²) in [5.74, 6) is -0.730. The highest BCUT2D eigenvalue weighted by atomic mass is 32.2. The molecule has 5 nitrogen and oxygen atoms in total. The molecule has 0 aromatic heterocycles. The van der Waals surface area contributed by atoms with Crippen LogP contribution in [0.4, 0.5) is 18.9 Å². The maximum absolute atomic E-state index is 12.3. The number of amides is 2. The lowest BCUT2D eigenvalue weighted by molar-refractivity contribution is -0.274. The molecule has 1 saturated heterocycles. The van der Waals surface area contributed by atoms with Crippen LogP contribution in [0, 0.1) is 0 Å². The third-order valence-electron chi connectivity index (χ3n) is 3.18. The molecule has 1 N–H and O–H groups in total. The molecule has 0 radical (unpaired) electrons. The van der Waals surface area contributed by atoms with Gasteiger partial charge in [-0.1, -0.05) is 6.07 Å². The Labute approximate surface area is 135 Å². The van der Waals surface area contributed by atoms with Gasteiger partial charge in [0.2, 0.25) is 11.8 Å². The molecule has 1 aromatic rings. The number of nitrogens with zero attached hydrogens (tertiary/aromatic N) is 1. The van der Waals surface area contributed by atoms with Gasteiger partial charge < -0.3 is 15.0 Å². The van der Waals surface area contributed by atoms with Gasteiger partial charge in [0, 0.05) is 18.3 Å². The number of hydrogen-bond acceptors (Lipinski definition) is 4. The average molecular weight is 348 g/mol. The number of halogens is 3. The first-order valence-electron chi connectivity index (χ1n) is 6.75. The Bertz CT molecular complexity index is 595. The van der Waals surface area contributed by atoms with E-state index < -0.39 is 18.2 Å². The van der Waals surface area contributed by atoms with E-state index in [-0.39, 0.29) is 17.6 Å². The fourth-order valence-corrected chi connectivity index (χ4v) is 2.63. The molecule has 1 heterocycles. The zero-order valence-corrected chi connectivity index (χ0v) is 13.0. The third kappa shape index (κ3) is 4.78. The van der Waals surface area contributed by atoms with E-state index in [1.807, 2.05) is 0 Å². The Balaban J connectivity index is 2.07. The minimum Gasteiger partial charge on any atom is -0.406 e. The maximum atomic E-state index is 12.3. The first-order valence-corrected chi connectivity index (χ1v) is 8.15. The van der Waals surface area contributed by atoms with Crippen molar-refractivity contribution in [1.82, 2.24) is 5.32 Å². The standard InChI is InChI=1S/C14H15F3N2O3S/c1-23-8-12(20)18-11-5-6-19(13(11)21)9-3-2-4-10(7-9)22-14(15,16)17/h2-4,7,11H,5-6,8H2,1H3,(H,18,20)/t11-/m0/s1. The molecule has 1 aromatic carbocycles. The number of thioether (sulfide) groups is 1. The first-order chi connectivity index (χ1) is 10.8. The van der Waals surface area contributed by atoms with Gasteiger partial charge in [-0.3, -0.25) is 9.59 Å². The molecule has 0 aliphatic carbocycles. The Morgan fingerprint density at radius 2 is 2.22 bits per heavy atom. The molecular formula is C14H15F3N2O3S. The largest absolute Gasteiger partial charge is 0.573 e. The average Bonchev–Trinajstić information content (AvgIpc) is 2.79. The number of rotatable bonds is 5. The van der Waals surface area contributed by atoms with Crippen LogP contribution in [0.5, 0.6) is 5.75 Å². The SMILES string of the molecule is CSCC(=O)N[C@H]1CCN(c2cccc(OC(F)(F)F)c2)C1=O. The van der Waals surface area contributed by atoms with Gasteiger partial charge in [0.05, 0.1) is 5.75 Å². The van der Waals surface area contributed by atoms with Crippen LogP contribution in [-0.2, 0) is 9.59 Å². The Kier molecular flexibility index (Phi) is 5.40. The molecular weight excluding hydrogens is 333 g/mol. The van der Waals surface area contributed by atoms with Gasteiger partial charge in [0.15, 0.2) is 0 Å². The van der Waals surface area contributed by atoms with Gasteiger partial charge in [-0.15, -0.1) is 13.2 Å². The van der Waals surface area contributed by atoms with E-state index >= 15 is 0 Å². The van der Waals surface area contributed by atoms with Crippen LogP contribution in [0.15, 0.2) is 24.3 Å². The van der Waals surface area contributed by atoms with E-state index in [2.05, 4.69) is 10.1 Å². The van der Waals surface area contributed by atoms with Crippen LogP contribution in [0.3, 0.4) is 0 Å². The topological polar surface area (TPSA) is 58.6 Å². The molecule has 2 rings (SSSR count). The van der Waals surface area contributed by atoms with Crippen molar-refractivity contribution in [2.45, 2.75) is 18.8 Å². The van der Waals surface area contributed by atoms with Crippen LogP contribution in [0.25, 0.3) is 0 Å². The van der Waals surface area contributed by atoms with Crippen molar-refractivity contribution in [2.24, 2.45) is 0 Å². The minimum absolute atomic E-state index is 0.244. The van der Waals surface area contributed by atoms with Gasteiger partial charge in [0.1, 0.15) is 11.8 Å². The normalized spacial score (nSPS) is 18.2. The van der Waals surface area contributed by atoms with Crippen molar-refractivity contribution in [2.75, 3.05) is 23.5 Å². The number of ether oxygens (including phenoxy) is 1. The zero-order chi connectivity index (χ0) is 17.0. The van der Waals surface area contributed by atoms with Crippen LogP contribution >= 0.6 is 11.8 Å². The van der Waals surface area contributed by atoms with Crippen LogP contribution < -0.4 is 15.0 Å². The Morgan fingerprint density at radius 3 is 2.87 bits per heavy atom. The number of hydrogen-bond donors (Lipinski definition) is 1. The van der Waals surface area contributed by atoms with E-state index in [4.69, 9.17) is 0 Å². The smallest absolute Gasteiger partial charge is 0.406 e. The Morgan fingerprint density at radius 1 is 1.48 bits per heavy atom. The van der Waals surface area contributed by atoms with Crippen LogP contribution in [0.1, 0.15) is 6.42 Å². The fraction of sp³-hybridized carbons (Fsp3) is 0.429. The fourth-order valence-electron chi connectivity index (χ4n) is 2.29. The highest BCUT2D eigenvalue weighted by Gasteiger charge is 2.34. The van der Waals surface area contributed by atoms with Crippen molar-refractivity contribution in [3.05, 3.63) is 24.3 Å². The highest BCUT2D eigenvalue weighted by molar-refractivity contribution is 7.99. The number of carbonyl (C=O) groups excluding carboxylic acids is 2. The zero-order valence-electron chi connectivity index (χ0n) is 12.2. The third-order valence-corrected chi connectivity index (χ3v) is 3.73. The van der Waals surface area contributed by atoms with Crippen molar-refractivity contribution in [3.63, 3.8) is 0 Å². The van der Waals surface area contributed by atoms with Gasteiger partial charge in [-0.25, -0.2) is 0 Å². The molecule has 2 amide bonds. The summed E-state index contributed by atoms with van der Waals surface area (Å²) < 4.78 is 40.6. The summed E-state index contributed by atoms with van der Waals surface area (Å²) in [7, 11) is 0. The summed E-state index contributed by atoms with van der Waals surface area (Å²) >= 11 is 1.34. The molecule has 0 bridgehead atoms. The van der Waals surface area contributed by atoms with Crippen molar-refractivity contribution in [3.8, 4) is 5.75 Å². The lowest BCUT2D eigenvalue weighted by Crippen LogP contribution is -2.42. The minimum atomic E-state index is -4.79. The van der Waals surface area contributed by atoms with E-state index in [0.29, 0.717) is 18.7 Å². The summed E-state index contributed by atoms with van der Waals surface area (Å²) in [5.41, 5.74) is 0.304. The number of benzene rings is 1. The second-order valence-electron chi connectivity index (χ2n) is 4.88. The lowest BCUT2D eigenvalue weighted by Gasteiger charge is -2.18. The first kappa shape index (κ1) is 17.5. The maximum Gasteiger partial charge on any atom is 0.573 e. The van der Waals surface area contributed by atoms with Gasteiger partial charge in [0.25, 0.3) is 0 Å². The molecule has 0 unspecified atom stereocenters. The summed E-state index contributed by atoms with van der Waals surface area (Å²) in [6.07, 6.45) is -2.61. The van der Waals surface area contributed by atoms with Gasteiger partial charge in [-0.2, -0.15) is 11.8 Å². The van der Waals surface area contributed by atoms with Crippen LogP contribution in [-0.4, -0.2) is 42.8 Å². The number of anilines is 1. The lowest BCUT2D eigenvalue weighted by atomic mass is 10.2.